The second-order valence-electron chi connectivity index (χ2n) is 15.9. The number of anilines is 2. The summed E-state index contributed by atoms with van der Waals surface area (Å²) in [7, 11) is 0. The number of amides is 2. The number of ether oxygens (including phenoxy) is 3. The molecule has 2 saturated heterocycles. The number of nitrogens with one attached hydrogen (secondary N) is 2. The number of benzene rings is 4. The zero-order valence-corrected chi connectivity index (χ0v) is 33.2. The van der Waals surface area contributed by atoms with Crippen LogP contribution in [-0.4, -0.2) is 58.6 Å². The van der Waals surface area contributed by atoms with Crippen molar-refractivity contribution in [1.82, 2.24) is 10.2 Å². The molecule has 0 aliphatic carbocycles. The van der Waals surface area contributed by atoms with Gasteiger partial charge >= 0.3 is 5.97 Å². The fourth-order valence-electron chi connectivity index (χ4n) is 7.43. The van der Waals surface area contributed by atoms with Crippen molar-refractivity contribution in [2.24, 2.45) is 0 Å². The summed E-state index contributed by atoms with van der Waals surface area (Å²) >= 11 is 0. The van der Waals surface area contributed by atoms with Crippen LogP contribution in [0.3, 0.4) is 0 Å². The molecule has 0 spiro atoms. The van der Waals surface area contributed by atoms with Gasteiger partial charge in [-0.05, 0) is 92.9 Å². The Labute approximate surface area is 335 Å². The molecule has 0 aromatic heterocycles. The largest absolute Gasteiger partial charge is 0.459 e. The number of carbonyl (C=O) groups is 3. The third-order valence-corrected chi connectivity index (χ3v) is 10.4. The maximum atomic E-state index is 13.1. The molecule has 2 heterocycles. The van der Waals surface area contributed by atoms with Crippen molar-refractivity contribution in [1.29, 1.82) is 0 Å². The molecular weight excluding hydrogens is 721 g/mol. The summed E-state index contributed by atoms with van der Waals surface area (Å²) < 4.78 is 19.0. The summed E-state index contributed by atoms with van der Waals surface area (Å²) in [5.41, 5.74) is 12.2. The van der Waals surface area contributed by atoms with E-state index in [1.165, 1.54) is 0 Å². The van der Waals surface area contributed by atoms with E-state index in [-0.39, 0.29) is 42.6 Å². The Morgan fingerprint density at radius 1 is 0.860 bits per heavy atom. The van der Waals surface area contributed by atoms with Crippen LogP contribution in [0.15, 0.2) is 97.1 Å². The van der Waals surface area contributed by atoms with Crippen LogP contribution in [-0.2, 0) is 41.7 Å². The van der Waals surface area contributed by atoms with E-state index in [0.717, 1.165) is 52.8 Å². The van der Waals surface area contributed by atoms with E-state index in [1.54, 1.807) is 12.1 Å². The van der Waals surface area contributed by atoms with Gasteiger partial charge in [0.2, 0.25) is 11.8 Å². The summed E-state index contributed by atoms with van der Waals surface area (Å²) in [5, 5.41) is 15.5. The number of hydrogen-bond acceptors (Lipinski definition) is 9. The molecule has 4 aromatic rings. The van der Waals surface area contributed by atoms with Crippen LogP contribution in [0.5, 0.6) is 0 Å². The molecule has 11 heteroatoms. The van der Waals surface area contributed by atoms with Gasteiger partial charge in [0.25, 0.3) is 0 Å². The number of esters is 1. The standard InChI is InChI=1S/C46H56N4O7/c1-46(2,3)57-44(54)40-15-10-26-50(40)29-36-27-41(33-20-18-31(30-51)19-21-33)56-45(55-36)34-24-22-32(23-25-34)37-12-5-4-11-35(37)28-48-42(52)16-8-9-17-43(53)49-39-14-7-6-13-38(39)47/h4-7,11-14,18-25,36,40-41,45,51H,8-10,15-17,26-30,47H2,1-3H3,(H,48,52)(H,49,53)/t36-,40+,41+,45+/m1/s1. The monoisotopic (exact) mass is 776 g/mol. The quantitative estimate of drug-likeness (QED) is 0.0544. The molecule has 302 valence electrons. The maximum Gasteiger partial charge on any atom is 0.323 e. The minimum Gasteiger partial charge on any atom is -0.459 e. The molecule has 2 amide bonds. The zero-order chi connectivity index (χ0) is 40.4. The van der Waals surface area contributed by atoms with Gasteiger partial charge in [-0.2, -0.15) is 0 Å². The van der Waals surface area contributed by atoms with Crippen molar-refractivity contribution in [3.63, 3.8) is 0 Å². The fourth-order valence-corrected chi connectivity index (χ4v) is 7.43. The number of likely N-dealkylation sites (tertiary alicyclic amines) is 1. The van der Waals surface area contributed by atoms with Crippen molar-refractivity contribution in [2.45, 2.75) is 109 Å². The molecule has 0 radical (unpaired) electrons. The van der Waals surface area contributed by atoms with Gasteiger partial charge in [0.1, 0.15) is 11.6 Å². The molecule has 2 aliphatic heterocycles. The second kappa shape index (κ2) is 19.4. The predicted molar refractivity (Wildman–Crippen MR) is 221 cm³/mol. The van der Waals surface area contributed by atoms with Crippen molar-refractivity contribution < 1.29 is 33.7 Å². The molecule has 6 rings (SSSR count). The van der Waals surface area contributed by atoms with Crippen LogP contribution in [0.25, 0.3) is 11.1 Å². The molecule has 0 unspecified atom stereocenters. The minimum atomic E-state index is -0.639. The average molecular weight is 777 g/mol. The van der Waals surface area contributed by atoms with Gasteiger partial charge in [-0.1, -0.05) is 84.9 Å². The first kappa shape index (κ1) is 41.6. The Kier molecular flexibility index (Phi) is 14.1. The molecule has 0 saturated carbocycles. The van der Waals surface area contributed by atoms with E-state index in [9.17, 15) is 19.5 Å². The highest BCUT2D eigenvalue weighted by Gasteiger charge is 2.39. The first-order valence-electron chi connectivity index (χ1n) is 20.0. The number of unbranched alkanes of at least 4 members (excludes halogenated alkanes) is 1. The first-order chi connectivity index (χ1) is 27.5. The van der Waals surface area contributed by atoms with Crippen LogP contribution >= 0.6 is 0 Å². The summed E-state index contributed by atoms with van der Waals surface area (Å²) in [5.74, 6) is -0.387. The number of rotatable bonds is 15. The molecule has 11 nitrogen and oxygen atoms in total. The number of nitrogen functional groups attached to an aromatic ring is 1. The van der Waals surface area contributed by atoms with Crippen molar-refractivity contribution in [2.75, 3.05) is 24.1 Å². The van der Waals surface area contributed by atoms with E-state index in [1.807, 2.05) is 106 Å². The number of aliphatic hydroxyl groups excluding tert-OH is 1. The number of para-hydroxylation sites is 2. The summed E-state index contributed by atoms with van der Waals surface area (Å²) in [6.07, 6.45) is 3.01. The lowest BCUT2D eigenvalue weighted by molar-refractivity contribution is -0.253. The molecule has 0 bridgehead atoms. The van der Waals surface area contributed by atoms with Crippen molar-refractivity contribution >= 4 is 29.2 Å². The van der Waals surface area contributed by atoms with Crippen LogP contribution < -0.4 is 16.4 Å². The smallest absolute Gasteiger partial charge is 0.323 e. The van der Waals surface area contributed by atoms with E-state index in [0.29, 0.717) is 56.6 Å². The summed E-state index contributed by atoms with van der Waals surface area (Å²) in [4.78, 5) is 40.4. The van der Waals surface area contributed by atoms with Gasteiger partial charge in [0.15, 0.2) is 6.29 Å². The van der Waals surface area contributed by atoms with Gasteiger partial charge in [0.05, 0.1) is 30.2 Å². The van der Waals surface area contributed by atoms with Gasteiger partial charge in [-0.3, -0.25) is 19.3 Å². The Bertz CT molecular complexity index is 1960. The van der Waals surface area contributed by atoms with E-state index >= 15 is 0 Å². The highest BCUT2D eigenvalue weighted by atomic mass is 16.7. The lowest BCUT2D eigenvalue weighted by Crippen LogP contribution is -2.45. The molecule has 2 fully saturated rings. The van der Waals surface area contributed by atoms with Gasteiger partial charge < -0.3 is 35.7 Å². The number of nitrogens with zero attached hydrogens (tertiary/aromatic N) is 1. The summed E-state index contributed by atoms with van der Waals surface area (Å²) in [6, 6.07) is 30.8. The normalized spacial score (nSPS) is 19.9. The van der Waals surface area contributed by atoms with Crippen LogP contribution in [0.1, 0.15) is 100 Å². The molecule has 4 atom stereocenters. The Morgan fingerprint density at radius 2 is 1.54 bits per heavy atom. The Hall–Kier alpha value is -5.07. The predicted octanol–water partition coefficient (Wildman–Crippen LogP) is 7.59. The van der Waals surface area contributed by atoms with Gasteiger partial charge in [-0.15, -0.1) is 0 Å². The van der Waals surface area contributed by atoms with E-state index in [4.69, 9.17) is 19.9 Å². The SMILES string of the molecule is CC(C)(C)OC(=O)[C@@H]1CCCN1C[C@H]1C[C@@H](c2ccc(CO)cc2)O[C@@H](c2ccc(-c3ccccc3CNC(=O)CCCCC(=O)Nc3ccccc3N)cc2)O1. The average Bonchev–Trinajstić information content (AvgIpc) is 3.67. The van der Waals surface area contributed by atoms with Crippen molar-refractivity contribution in [3.8, 4) is 11.1 Å². The molecule has 2 aliphatic rings. The minimum absolute atomic E-state index is 0.0307. The number of hydrogen-bond donors (Lipinski definition) is 4. The molecule has 4 aromatic carbocycles. The Morgan fingerprint density at radius 3 is 2.26 bits per heavy atom. The lowest BCUT2D eigenvalue weighted by atomic mass is 9.97. The molecule has 57 heavy (non-hydrogen) atoms. The highest BCUT2D eigenvalue weighted by Crippen LogP contribution is 2.39. The van der Waals surface area contributed by atoms with Crippen LogP contribution in [0, 0.1) is 0 Å². The number of carbonyl (C=O) groups excluding carboxylic acids is 3. The summed E-state index contributed by atoms with van der Waals surface area (Å²) in [6.45, 7) is 7.39. The lowest BCUT2D eigenvalue weighted by Gasteiger charge is -2.38. The Balaban J connectivity index is 1.07. The number of aliphatic hydroxyl groups is 1. The van der Waals surface area contributed by atoms with Crippen molar-refractivity contribution in [3.05, 3.63) is 119 Å². The first-order valence-corrected chi connectivity index (χ1v) is 20.0. The van der Waals surface area contributed by atoms with E-state index in [2.05, 4.69) is 15.5 Å². The van der Waals surface area contributed by atoms with Crippen LogP contribution in [0.2, 0.25) is 0 Å². The van der Waals surface area contributed by atoms with Gasteiger partial charge in [0, 0.05) is 37.9 Å². The zero-order valence-electron chi connectivity index (χ0n) is 33.2. The molecular formula is C46H56N4O7. The topological polar surface area (TPSA) is 152 Å². The maximum absolute atomic E-state index is 13.1. The number of nitrogens with two attached hydrogens (primary N) is 1. The van der Waals surface area contributed by atoms with Gasteiger partial charge in [-0.25, -0.2) is 0 Å². The highest BCUT2D eigenvalue weighted by molar-refractivity contribution is 5.93. The molecule has 5 N–H and O–H groups in total. The second-order valence-corrected chi connectivity index (χ2v) is 15.9. The third-order valence-electron chi connectivity index (χ3n) is 10.4. The third kappa shape index (κ3) is 11.7. The van der Waals surface area contributed by atoms with E-state index < -0.39 is 11.9 Å². The fraction of sp³-hybridized carbons (Fsp3) is 0.413. The van der Waals surface area contributed by atoms with Crippen LogP contribution in [0.4, 0.5) is 11.4 Å².